The first-order valence-electron chi connectivity index (χ1n) is 5.08. The summed E-state index contributed by atoms with van der Waals surface area (Å²) in [5.74, 6) is 0.146. The van der Waals surface area contributed by atoms with E-state index in [-0.39, 0.29) is 24.8 Å². The number of benzene rings is 1. The van der Waals surface area contributed by atoms with Crippen molar-refractivity contribution in [1.82, 2.24) is 0 Å². The summed E-state index contributed by atoms with van der Waals surface area (Å²) in [6.45, 7) is 1.33. The molecule has 86 valence electrons. The second kappa shape index (κ2) is 4.26. The van der Waals surface area contributed by atoms with Crippen LogP contribution in [0.1, 0.15) is 17.3 Å². The molecule has 5 nitrogen and oxygen atoms in total. The number of ether oxygens (including phenoxy) is 1. The van der Waals surface area contributed by atoms with Crippen molar-refractivity contribution in [2.24, 2.45) is 0 Å². The Hall–Kier alpha value is -2.35. The van der Waals surface area contributed by atoms with Crippen LogP contribution in [0.15, 0.2) is 18.2 Å². The van der Waals surface area contributed by atoms with Gasteiger partial charge in [-0.1, -0.05) is 0 Å². The number of hydrogen-bond acceptors (Lipinski definition) is 4. The SMILES string of the molecule is CC(=O)c1ccc2c(c1)N(CC#N)C(=O)CO2. The van der Waals surface area contributed by atoms with Crippen molar-refractivity contribution in [2.75, 3.05) is 18.1 Å². The van der Waals surface area contributed by atoms with Crippen molar-refractivity contribution in [1.29, 1.82) is 5.26 Å². The lowest BCUT2D eigenvalue weighted by molar-refractivity contribution is -0.121. The smallest absolute Gasteiger partial charge is 0.265 e. The van der Waals surface area contributed by atoms with Crippen molar-refractivity contribution in [3.8, 4) is 11.8 Å². The molecule has 0 radical (unpaired) electrons. The summed E-state index contributed by atoms with van der Waals surface area (Å²) in [6, 6.07) is 6.78. The fourth-order valence-electron chi connectivity index (χ4n) is 1.67. The molecule has 0 aromatic heterocycles. The van der Waals surface area contributed by atoms with Gasteiger partial charge in [-0.15, -0.1) is 0 Å². The largest absolute Gasteiger partial charge is 0.482 e. The molecule has 0 saturated carbocycles. The first-order valence-corrected chi connectivity index (χ1v) is 5.08. The molecular weight excluding hydrogens is 220 g/mol. The van der Waals surface area contributed by atoms with Crippen LogP contribution >= 0.6 is 0 Å². The van der Waals surface area contributed by atoms with Gasteiger partial charge in [-0.2, -0.15) is 5.26 Å². The summed E-state index contributed by atoms with van der Waals surface area (Å²) in [5, 5.41) is 8.69. The van der Waals surface area contributed by atoms with E-state index in [0.717, 1.165) is 0 Å². The van der Waals surface area contributed by atoms with E-state index in [1.54, 1.807) is 18.2 Å². The van der Waals surface area contributed by atoms with E-state index in [9.17, 15) is 9.59 Å². The number of carbonyl (C=O) groups excluding carboxylic acids is 2. The van der Waals surface area contributed by atoms with Crippen LogP contribution in [0.4, 0.5) is 5.69 Å². The molecule has 1 aliphatic rings. The Bertz CT molecular complexity index is 531. The second-order valence-electron chi connectivity index (χ2n) is 3.67. The molecule has 1 heterocycles. The van der Waals surface area contributed by atoms with Crippen molar-refractivity contribution in [3.63, 3.8) is 0 Å². The highest BCUT2D eigenvalue weighted by Crippen LogP contribution is 2.32. The molecule has 17 heavy (non-hydrogen) atoms. The Balaban J connectivity index is 2.49. The van der Waals surface area contributed by atoms with Crippen LogP contribution in [0, 0.1) is 11.3 Å². The summed E-state index contributed by atoms with van der Waals surface area (Å²) in [5.41, 5.74) is 0.973. The van der Waals surface area contributed by atoms with E-state index < -0.39 is 0 Å². The van der Waals surface area contributed by atoms with Gasteiger partial charge in [0.15, 0.2) is 12.4 Å². The monoisotopic (exact) mass is 230 g/mol. The Labute approximate surface area is 98.2 Å². The number of carbonyl (C=O) groups is 2. The van der Waals surface area contributed by atoms with E-state index in [0.29, 0.717) is 17.0 Å². The lowest BCUT2D eigenvalue weighted by Gasteiger charge is -2.27. The molecule has 0 spiro atoms. The molecule has 1 amide bonds. The molecule has 1 aliphatic heterocycles. The lowest BCUT2D eigenvalue weighted by atomic mass is 10.1. The maximum Gasteiger partial charge on any atom is 0.265 e. The van der Waals surface area contributed by atoms with Gasteiger partial charge in [0.25, 0.3) is 5.91 Å². The number of hydrogen-bond donors (Lipinski definition) is 0. The number of nitrogens with zero attached hydrogens (tertiary/aromatic N) is 2. The number of nitriles is 1. The third-order valence-corrected chi connectivity index (χ3v) is 2.54. The van der Waals surface area contributed by atoms with Crippen LogP contribution in [0.25, 0.3) is 0 Å². The summed E-state index contributed by atoms with van der Waals surface area (Å²) < 4.78 is 5.24. The van der Waals surface area contributed by atoms with Gasteiger partial charge in [-0.25, -0.2) is 0 Å². The van der Waals surface area contributed by atoms with Crippen molar-refractivity contribution < 1.29 is 14.3 Å². The quantitative estimate of drug-likeness (QED) is 0.564. The molecule has 0 saturated heterocycles. The standard InChI is InChI=1S/C12H10N2O3/c1-8(15)9-2-3-11-10(6-9)14(5-4-13)12(16)7-17-11/h2-3,6H,5,7H2,1H3. The zero-order valence-corrected chi connectivity index (χ0v) is 9.27. The first-order chi connectivity index (χ1) is 8.13. The molecule has 0 atom stereocenters. The third-order valence-electron chi connectivity index (χ3n) is 2.54. The van der Waals surface area contributed by atoms with Gasteiger partial charge in [0.1, 0.15) is 12.3 Å². The average molecular weight is 230 g/mol. The number of rotatable bonds is 2. The van der Waals surface area contributed by atoms with Crippen molar-refractivity contribution in [3.05, 3.63) is 23.8 Å². The number of fused-ring (bicyclic) bond motifs is 1. The van der Waals surface area contributed by atoms with Gasteiger partial charge in [-0.05, 0) is 25.1 Å². The first kappa shape index (κ1) is 11.1. The lowest BCUT2D eigenvalue weighted by Crippen LogP contribution is -2.39. The topological polar surface area (TPSA) is 70.4 Å². The average Bonchev–Trinajstić information content (AvgIpc) is 2.32. The highest BCUT2D eigenvalue weighted by atomic mass is 16.5. The minimum absolute atomic E-state index is 0.0451. The molecule has 0 aliphatic carbocycles. The number of amides is 1. The van der Waals surface area contributed by atoms with Crippen LogP contribution < -0.4 is 9.64 Å². The Morgan fingerprint density at radius 2 is 2.35 bits per heavy atom. The molecule has 0 fully saturated rings. The number of anilines is 1. The van der Waals surface area contributed by atoms with Gasteiger partial charge < -0.3 is 4.74 Å². The summed E-state index contributed by atoms with van der Waals surface area (Å²) in [7, 11) is 0. The van der Waals surface area contributed by atoms with Crippen LogP contribution in [-0.2, 0) is 4.79 Å². The molecule has 0 N–H and O–H groups in total. The van der Waals surface area contributed by atoms with E-state index in [1.807, 2.05) is 6.07 Å². The van der Waals surface area contributed by atoms with E-state index >= 15 is 0 Å². The summed E-state index contributed by atoms with van der Waals surface area (Å²) in [4.78, 5) is 24.2. The molecule has 0 bridgehead atoms. The highest BCUT2D eigenvalue weighted by molar-refractivity contribution is 6.01. The maximum atomic E-state index is 11.6. The Morgan fingerprint density at radius 3 is 3.00 bits per heavy atom. The van der Waals surface area contributed by atoms with Gasteiger partial charge in [0.05, 0.1) is 11.8 Å². The van der Waals surface area contributed by atoms with Crippen molar-refractivity contribution >= 4 is 17.4 Å². The minimum atomic E-state index is -0.278. The zero-order chi connectivity index (χ0) is 12.4. The molecule has 1 aromatic carbocycles. The highest BCUT2D eigenvalue weighted by Gasteiger charge is 2.25. The number of Topliss-reactive ketones (excluding diaryl/α,β-unsaturated/α-hetero) is 1. The van der Waals surface area contributed by atoms with E-state index in [2.05, 4.69) is 0 Å². The van der Waals surface area contributed by atoms with Crippen LogP contribution in [0.3, 0.4) is 0 Å². The van der Waals surface area contributed by atoms with Crippen LogP contribution in [-0.4, -0.2) is 24.8 Å². The normalized spacial score (nSPS) is 13.6. The summed E-state index contributed by atoms with van der Waals surface area (Å²) in [6.07, 6.45) is 0. The molecule has 5 heteroatoms. The van der Waals surface area contributed by atoms with E-state index in [4.69, 9.17) is 10.00 Å². The fraction of sp³-hybridized carbons (Fsp3) is 0.250. The van der Waals surface area contributed by atoms with Gasteiger partial charge in [0, 0.05) is 5.56 Å². The van der Waals surface area contributed by atoms with Crippen LogP contribution in [0.2, 0.25) is 0 Å². The van der Waals surface area contributed by atoms with Crippen molar-refractivity contribution in [2.45, 2.75) is 6.92 Å². The second-order valence-corrected chi connectivity index (χ2v) is 3.67. The minimum Gasteiger partial charge on any atom is -0.482 e. The summed E-state index contributed by atoms with van der Waals surface area (Å²) >= 11 is 0. The Morgan fingerprint density at radius 1 is 1.59 bits per heavy atom. The number of ketones is 1. The van der Waals surface area contributed by atoms with Gasteiger partial charge in [0.2, 0.25) is 0 Å². The maximum absolute atomic E-state index is 11.6. The molecular formula is C12H10N2O3. The Kier molecular flexibility index (Phi) is 2.79. The van der Waals surface area contributed by atoms with Crippen LogP contribution in [0.5, 0.6) is 5.75 Å². The predicted octanol–water partition coefficient (Wildman–Crippen LogP) is 1.14. The zero-order valence-electron chi connectivity index (χ0n) is 9.27. The molecule has 1 aromatic rings. The van der Waals surface area contributed by atoms with Gasteiger partial charge in [-0.3, -0.25) is 14.5 Å². The van der Waals surface area contributed by atoms with Gasteiger partial charge >= 0.3 is 0 Å². The molecule has 0 unspecified atom stereocenters. The fourth-order valence-corrected chi connectivity index (χ4v) is 1.67. The third kappa shape index (κ3) is 1.97. The predicted molar refractivity (Wildman–Crippen MR) is 59.9 cm³/mol. The van der Waals surface area contributed by atoms with E-state index in [1.165, 1.54) is 11.8 Å². The molecule has 2 rings (SSSR count).